The fourth-order valence-corrected chi connectivity index (χ4v) is 5.03. The van der Waals surface area contributed by atoms with Crippen molar-refractivity contribution in [3.05, 3.63) is 55.1 Å². The summed E-state index contributed by atoms with van der Waals surface area (Å²) in [5.41, 5.74) is 0.576. The first-order valence-corrected chi connectivity index (χ1v) is 12.7. The van der Waals surface area contributed by atoms with E-state index in [2.05, 4.69) is 20.9 Å². The Morgan fingerprint density at radius 1 is 1.19 bits per heavy atom. The van der Waals surface area contributed by atoms with Crippen LogP contribution in [-0.4, -0.2) is 44.7 Å². The summed E-state index contributed by atoms with van der Waals surface area (Å²) in [6, 6.07) is 7.66. The van der Waals surface area contributed by atoms with Crippen molar-refractivity contribution in [1.29, 1.82) is 0 Å². The normalized spacial score (nSPS) is 12.6. The SMILES string of the molecule is Cn1c(=O)c2c(nc(SC(C)(C)COS(C)(=O)=O)n2Cc2cccc(Br)c2)n(C)c1=O. The number of halogens is 1. The molecule has 9 nitrogen and oxygen atoms in total. The van der Waals surface area contributed by atoms with Gasteiger partial charge in [0.2, 0.25) is 0 Å². The third kappa shape index (κ3) is 5.30. The molecule has 31 heavy (non-hydrogen) atoms. The van der Waals surface area contributed by atoms with Crippen LogP contribution in [0.3, 0.4) is 0 Å². The molecule has 0 amide bonds. The Hall–Kier alpha value is -1.89. The van der Waals surface area contributed by atoms with Crippen LogP contribution in [0.25, 0.3) is 11.2 Å². The van der Waals surface area contributed by atoms with E-state index in [1.165, 1.54) is 23.4 Å². The molecule has 1 aromatic carbocycles. The monoisotopic (exact) mass is 530 g/mol. The first kappa shape index (κ1) is 23.8. The number of thioether (sulfide) groups is 1. The van der Waals surface area contributed by atoms with E-state index < -0.39 is 26.1 Å². The van der Waals surface area contributed by atoms with Gasteiger partial charge in [0.15, 0.2) is 16.3 Å². The van der Waals surface area contributed by atoms with Crippen molar-refractivity contribution in [2.75, 3.05) is 12.9 Å². The molecule has 0 aliphatic carbocycles. The standard InChI is InChI=1S/C19H23BrN4O5S2/c1-19(2,11-29-31(5,27)28)30-17-21-15-14(16(25)23(4)18(26)22(15)3)24(17)10-12-7-6-8-13(20)9-12/h6-9H,10-11H2,1-5H3. The van der Waals surface area contributed by atoms with Gasteiger partial charge < -0.3 is 4.57 Å². The van der Waals surface area contributed by atoms with Crippen molar-refractivity contribution < 1.29 is 12.6 Å². The smallest absolute Gasteiger partial charge is 0.309 e. The maximum Gasteiger partial charge on any atom is 0.332 e. The number of nitrogens with zero attached hydrogens (tertiary/aromatic N) is 4. The van der Waals surface area contributed by atoms with Crippen molar-refractivity contribution in [3.8, 4) is 0 Å². The van der Waals surface area contributed by atoms with Gasteiger partial charge in [0, 0.05) is 23.3 Å². The summed E-state index contributed by atoms with van der Waals surface area (Å²) in [5.74, 6) is 0. The molecule has 0 saturated carbocycles. The lowest BCUT2D eigenvalue weighted by atomic mass is 10.2. The van der Waals surface area contributed by atoms with Gasteiger partial charge in [-0.2, -0.15) is 8.42 Å². The highest BCUT2D eigenvalue weighted by Gasteiger charge is 2.28. The molecule has 0 atom stereocenters. The second kappa shape index (κ2) is 8.57. The Kier molecular flexibility index (Phi) is 6.57. The van der Waals surface area contributed by atoms with E-state index in [1.54, 1.807) is 11.6 Å². The number of fused-ring (bicyclic) bond motifs is 1. The zero-order valence-electron chi connectivity index (χ0n) is 17.7. The summed E-state index contributed by atoms with van der Waals surface area (Å²) in [6.45, 7) is 3.91. The molecular weight excluding hydrogens is 508 g/mol. The fraction of sp³-hybridized carbons (Fsp3) is 0.421. The Balaban J connectivity index is 2.18. The molecule has 0 N–H and O–H groups in total. The molecule has 0 radical (unpaired) electrons. The molecule has 2 heterocycles. The van der Waals surface area contributed by atoms with Crippen molar-refractivity contribution in [2.45, 2.75) is 30.3 Å². The Morgan fingerprint density at radius 3 is 2.48 bits per heavy atom. The van der Waals surface area contributed by atoms with Gasteiger partial charge in [0.1, 0.15) is 0 Å². The average Bonchev–Trinajstić information content (AvgIpc) is 3.00. The molecule has 2 aromatic heterocycles. The van der Waals surface area contributed by atoms with E-state index in [4.69, 9.17) is 4.18 Å². The molecule has 0 aliphatic rings. The van der Waals surface area contributed by atoms with Crippen molar-refractivity contribution in [3.63, 3.8) is 0 Å². The summed E-state index contributed by atoms with van der Waals surface area (Å²) < 4.78 is 32.2. The number of hydrogen-bond donors (Lipinski definition) is 0. The summed E-state index contributed by atoms with van der Waals surface area (Å²) in [7, 11) is -0.617. The first-order valence-electron chi connectivity index (χ1n) is 9.23. The minimum absolute atomic E-state index is 0.0759. The van der Waals surface area contributed by atoms with Crippen LogP contribution in [-0.2, 0) is 34.9 Å². The van der Waals surface area contributed by atoms with Gasteiger partial charge in [-0.1, -0.05) is 39.8 Å². The van der Waals surface area contributed by atoms with Crippen LogP contribution < -0.4 is 11.2 Å². The van der Waals surface area contributed by atoms with Gasteiger partial charge >= 0.3 is 5.69 Å². The molecular formula is C19H23BrN4O5S2. The third-order valence-electron chi connectivity index (χ3n) is 4.53. The van der Waals surface area contributed by atoms with Crippen LogP contribution in [0.1, 0.15) is 19.4 Å². The van der Waals surface area contributed by atoms with Crippen LogP contribution >= 0.6 is 27.7 Å². The topological polar surface area (TPSA) is 105 Å². The van der Waals surface area contributed by atoms with E-state index in [0.29, 0.717) is 17.2 Å². The summed E-state index contributed by atoms with van der Waals surface area (Å²) >= 11 is 4.73. The van der Waals surface area contributed by atoms with E-state index >= 15 is 0 Å². The van der Waals surface area contributed by atoms with Gasteiger partial charge in [-0.15, -0.1) is 0 Å². The summed E-state index contributed by atoms with van der Waals surface area (Å²) in [6.07, 6.45) is 0.996. The van der Waals surface area contributed by atoms with Crippen LogP contribution in [0.5, 0.6) is 0 Å². The van der Waals surface area contributed by atoms with E-state index in [1.807, 2.05) is 38.1 Å². The predicted octanol–water partition coefficient (Wildman–Crippen LogP) is 2.09. The number of aryl methyl sites for hydroxylation is 1. The minimum atomic E-state index is -3.61. The first-order chi connectivity index (χ1) is 14.3. The molecule has 0 unspecified atom stereocenters. The maximum atomic E-state index is 13.0. The maximum absolute atomic E-state index is 13.0. The Morgan fingerprint density at radius 2 is 1.87 bits per heavy atom. The molecule has 0 aliphatic heterocycles. The Labute approximate surface area is 192 Å². The van der Waals surface area contributed by atoms with Crippen LogP contribution in [0.2, 0.25) is 0 Å². The van der Waals surface area contributed by atoms with E-state index in [9.17, 15) is 18.0 Å². The molecule has 0 fully saturated rings. The van der Waals surface area contributed by atoms with Crippen LogP contribution in [0, 0.1) is 0 Å². The lowest BCUT2D eigenvalue weighted by Gasteiger charge is -2.23. The molecule has 3 rings (SSSR count). The molecule has 0 bridgehead atoms. The number of aromatic nitrogens is 4. The second-order valence-corrected chi connectivity index (χ2v) is 12.1. The van der Waals surface area contributed by atoms with Gasteiger partial charge in [-0.25, -0.2) is 9.78 Å². The molecule has 3 aromatic rings. The van der Waals surface area contributed by atoms with Gasteiger partial charge in [-0.3, -0.25) is 18.1 Å². The highest BCUT2D eigenvalue weighted by molar-refractivity contribution is 9.10. The fourth-order valence-electron chi connectivity index (χ4n) is 2.99. The van der Waals surface area contributed by atoms with Crippen LogP contribution in [0.4, 0.5) is 0 Å². The highest BCUT2D eigenvalue weighted by Crippen LogP contribution is 2.34. The minimum Gasteiger partial charge on any atom is -0.309 e. The largest absolute Gasteiger partial charge is 0.332 e. The lowest BCUT2D eigenvalue weighted by Crippen LogP contribution is -2.37. The molecule has 0 saturated heterocycles. The second-order valence-electron chi connectivity index (χ2n) is 7.82. The van der Waals surface area contributed by atoms with Crippen molar-refractivity contribution in [1.82, 2.24) is 18.7 Å². The molecule has 0 spiro atoms. The van der Waals surface area contributed by atoms with Gasteiger partial charge in [-0.05, 0) is 31.5 Å². The van der Waals surface area contributed by atoms with Crippen LogP contribution in [0.15, 0.2) is 43.5 Å². The lowest BCUT2D eigenvalue weighted by molar-refractivity contribution is 0.293. The zero-order valence-corrected chi connectivity index (χ0v) is 21.0. The number of imidazole rings is 1. The van der Waals surface area contributed by atoms with E-state index in [0.717, 1.165) is 20.9 Å². The molecule has 168 valence electrons. The summed E-state index contributed by atoms with van der Waals surface area (Å²) in [4.78, 5) is 30.0. The van der Waals surface area contributed by atoms with Crippen molar-refractivity contribution in [2.24, 2.45) is 14.1 Å². The average molecular weight is 531 g/mol. The summed E-state index contributed by atoms with van der Waals surface area (Å²) in [5, 5.41) is 0.482. The number of benzene rings is 1. The third-order valence-corrected chi connectivity index (χ3v) is 6.73. The highest BCUT2D eigenvalue weighted by atomic mass is 79.9. The predicted molar refractivity (Wildman–Crippen MR) is 124 cm³/mol. The van der Waals surface area contributed by atoms with E-state index in [-0.39, 0.29) is 12.3 Å². The van der Waals surface area contributed by atoms with Gasteiger partial charge in [0.05, 0.1) is 19.4 Å². The Bertz CT molecular complexity index is 1370. The number of hydrogen-bond acceptors (Lipinski definition) is 7. The van der Waals surface area contributed by atoms with Crippen molar-refractivity contribution >= 4 is 49.0 Å². The number of rotatable bonds is 7. The van der Waals surface area contributed by atoms with Gasteiger partial charge in [0.25, 0.3) is 15.7 Å². The quantitative estimate of drug-likeness (QED) is 0.340. The molecule has 12 heteroatoms. The zero-order chi connectivity index (χ0) is 23.1.